The largest absolute Gasteiger partial charge is 0.496 e. The van der Waals surface area contributed by atoms with E-state index >= 15 is 0 Å². The van der Waals surface area contributed by atoms with Crippen molar-refractivity contribution in [3.05, 3.63) is 28.8 Å². The minimum absolute atomic E-state index is 0.366. The first-order valence-corrected chi connectivity index (χ1v) is 7.01. The molecule has 1 rings (SSSR count). The first-order chi connectivity index (χ1) is 9.10. The molecule has 108 valence electrons. The average Bonchev–Trinajstić information content (AvgIpc) is 2.38. The van der Waals surface area contributed by atoms with E-state index in [9.17, 15) is 0 Å². The first kappa shape index (κ1) is 16.3. The van der Waals surface area contributed by atoms with E-state index in [4.69, 9.17) is 21.1 Å². The Morgan fingerprint density at radius 2 is 2.00 bits per heavy atom. The number of ether oxygens (including phenoxy) is 2. The number of nitrogens with one attached hydrogen (secondary N) is 1. The first-order valence-electron chi connectivity index (χ1n) is 6.63. The monoisotopic (exact) mass is 285 g/mol. The summed E-state index contributed by atoms with van der Waals surface area (Å²) in [5.74, 6) is 1.77. The highest BCUT2D eigenvalue weighted by molar-refractivity contribution is 6.30. The summed E-state index contributed by atoms with van der Waals surface area (Å²) in [4.78, 5) is 0. The van der Waals surface area contributed by atoms with E-state index in [1.165, 1.54) is 0 Å². The maximum Gasteiger partial charge on any atom is 0.122 e. The van der Waals surface area contributed by atoms with Crippen molar-refractivity contribution in [3.8, 4) is 5.75 Å². The highest BCUT2D eigenvalue weighted by Crippen LogP contribution is 2.33. The van der Waals surface area contributed by atoms with Gasteiger partial charge in [0.1, 0.15) is 5.75 Å². The minimum Gasteiger partial charge on any atom is -0.496 e. The molecule has 0 amide bonds. The lowest BCUT2D eigenvalue weighted by atomic mass is 9.87. The van der Waals surface area contributed by atoms with Crippen molar-refractivity contribution in [1.82, 2.24) is 5.32 Å². The molecule has 4 heteroatoms. The van der Waals surface area contributed by atoms with Crippen molar-refractivity contribution < 1.29 is 9.47 Å². The van der Waals surface area contributed by atoms with E-state index in [1.807, 2.05) is 18.2 Å². The smallest absolute Gasteiger partial charge is 0.122 e. The second kappa shape index (κ2) is 8.41. The highest BCUT2D eigenvalue weighted by Gasteiger charge is 2.19. The van der Waals surface area contributed by atoms with Gasteiger partial charge < -0.3 is 14.8 Å². The summed E-state index contributed by atoms with van der Waals surface area (Å²) in [6.45, 7) is 6.88. The van der Waals surface area contributed by atoms with Crippen molar-refractivity contribution in [2.24, 2.45) is 5.92 Å². The molecular weight excluding hydrogens is 262 g/mol. The molecular formula is C15H24ClNO2. The lowest BCUT2D eigenvalue weighted by Crippen LogP contribution is -2.27. The summed E-state index contributed by atoms with van der Waals surface area (Å²) in [5, 5.41) is 4.16. The van der Waals surface area contributed by atoms with Gasteiger partial charge in [0.2, 0.25) is 0 Å². The van der Waals surface area contributed by atoms with Crippen LogP contribution in [0.2, 0.25) is 5.02 Å². The van der Waals surface area contributed by atoms with Crippen LogP contribution in [0, 0.1) is 5.92 Å². The molecule has 0 bridgehead atoms. The molecule has 3 nitrogen and oxygen atoms in total. The van der Waals surface area contributed by atoms with Crippen molar-refractivity contribution in [3.63, 3.8) is 0 Å². The van der Waals surface area contributed by atoms with E-state index < -0.39 is 0 Å². The van der Waals surface area contributed by atoms with Crippen LogP contribution in [-0.2, 0) is 4.74 Å². The lowest BCUT2D eigenvalue weighted by molar-refractivity contribution is 0.198. The third kappa shape index (κ3) is 5.01. The normalized spacial score (nSPS) is 12.7. The number of rotatable bonds is 8. The molecule has 0 aliphatic carbocycles. The van der Waals surface area contributed by atoms with Crippen LogP contribution >= 0.6 is 11.6 Å². The van der Waals surface area contributed by atoms with Crippen LogP contribution in [0.1, 0.15) is 25.3 Å². The summed E-state index contributed by atoms with van der Waals surface area (Å²) >= 11 is 6.11. The quantitative estimate of drug-likeness (QED) is 0.743. The lowest BCUT2D eigenvalue weighted by Gasteiger charge is -2.24. The maximum absolute atomic E-state index is 6.11. The van der Waals surface area contributed by atoms with Gasteiger partial charge in [-0.1, -0.05) is 25.4 Å². The Kier molecular flexibility index (Phi) is 7.21. The summed E-state index contributed by atoms with van der Waals surface area (Å²) < 4.78 is 10.5. The van der Waals surface area contributed by atoms with Crippen molar-refractivity contribution >= 4 is 11.6 Å². The van der Waals surface area contributed by atoms with Crippen LogP contribution in [0.15, 0.2) is 18.2 Å². The van der Waals surface area contributed by atoms with Crippen molar-refractivity contribution in [2.45, 2.75) is 19.8 Å². The number of benzene rings is 1. The van der Waals surface area contributed by atoms with Crippen molar-refractivity contribution in [2.75, 3.05) is 33.9 Å². The molecule has 0 saturated carbocycles. The summed E-state index contributed by atoms with van der Waals surface area (Å²) in [6.07, 6.45) is 0. The van der Waals surface area contributed by atoms with Crippen LogP contribution in [0.25, 0.3) is 0 Å². The molecule has 0 heterocycles. The van der Waals surface area contributed by atoms with Crippen molar-refractivity contribution in [1.29, 1.82) is 0 Å². The third-order valence-corrected chi connectivity index (χ3v) is 3.48. The van der Waals surface area contributed by atoms with Gasteiger partial charge in [-0.15, -0.1) is 0 Å². The second-order valence-corrected chi connectivity index (χ2v) is 5.37. The molecule has 1 aromatic rings. The molecule has 0 radical (unpaired) electrons. The fraction of sp³-hybridized carbons (Fsp3) is 0.600. The van der Waals surface area contributed by atoms with E-state index in [0.717, 1.165) is 36.0 Å². The molecule has 0 aliphatic heterocycles. The van der Waals surface area contributed by atoms with E-state index in [1.54, 1.807) is 14.2 Å². The van der Waals surface area contributed by atoms with E-state index in [2.05, 4.69) is 19.2 Å². The average molecular weight is 286 g/mol. The van der Waals surface area contributed by atoms with Crippen LogP contribution in [-0.4, -0.2) is 33.9 Å². The number of hydrogen-bond acceptors (Lipinski definition) is 3. The van der Waals surface area contributed by atoms with Crippen LogP contribution in [0.3, 0.4) is 0 Å². The molecule has 1 atom stereocenters. The standard InChI is InChI=1S/C15H24ClNO2/c1-11(2)14(10-17-7-8-18-3)13-9-12(16)5-6-15(13)19-4/h5-6,9,11,14,17H,7-8,10H2,1-4H3. The Hall–Kier alpha value is -0.770. The predicted octanol–water partition coefficient (Wildman–Crippen LogP) is 3.32. The molecule has 0 fully saturated rings. The second-order valence-electron chi connectivity index (χ2n) is 4.93. The van der Waals surface area contributed by atoms with Gasteiger partial charge in [-0.3, -0.25) is 0 Å². The molecule has 0 saturated heterocycles. The van der Waals surface area contributed by atoms with Gasteiger partial charge in [0.25, 0.3) is 0 Å². The third-order valence-electron chi connectivity index (χ3n) is 3.24. The Morgan fingerprint density at radius 1 is 1.26 bits per heavy atom. The van der Waals surface area contributed by atoms with Crippen LogP contribution in [0.5, 0.6) is 5.75 Å². The van der Waals surface area contributed by atoms with E-state index in [-0.39, 0.29) is 0 Å². The van der Waals surface area contributed by atoms with Crippen LogP contribution in [0.4, 0.5) is 0 Å². The zero-order valence-electron chi connectivity index (χ0n) is 12.2. The number of hydrogen-bond donors (Lipinski definition) is 1. The van der Waals surface area contributed by atoms with Gasteiger partial charge in [-0.2, -0.15) is 0 Å². The Morgan fingerprint density at radius 3 is 2.58 bits per heavy atom. The van der Waals surface area contributed by atoms with Gasteiger partial charge in [0, 0.05) is 36.7 Å². The van der Waals surface area contributed by atoms with E-state index in [0.29, 0.717) is 11.8 Å². The fourth-order valence-electron chi connectivity index (χ4n) is 2.13. The zero-order chi connectivity index (χ0) is 14.3. The van der Waals surface area contributed by atoms with Gasteiger partial charge in [0.15, 0.2) is 0 Å². The Bertz CT molecular complexity index is 382. The molecule has 19 heavy (non-hydrogen) atoms. The molecule has 0 spiro atoms. The fourth-order valence-corrected chi connectivity index (χ4v) is 2.31. The Balaban J connectivity index is 2.83. The summed E-state index contributed by atoms with van der Waals surface area (Å²) in [7, 11) is 3.41. The molecule has 1 aromatic carbocycles. The number of halogens is 1. The van der Waals surface area contributed by atoms with Gasteiger partial charge >= 0.3 is 0 Å². The van der Waals surface area contributed by atoms with Gasteiger partial charge in [-0.25, -0.2) is 0 Å². The van der Waals surface area contributed by atoms with Gasteiger partial charge in [0.05, 0.1) is 13.7 Å². The summed E-state index contributed by atoms with van der Waals surface area (Å²) in [5.41, 5.74) is 1.16. The highest BCUT2D eigenvalue weighted by atomic mass is 35.5. The Labute approximate surface area is 121 Å². The maximum atomic E-state index is 6.11. The molecule has 0 aromatic heterocycles. The molecule has 0 aliphatic rings. The number of methoxy groups -OCH3 is 2. The van der Waals surface area contributed by atoms with Gasteiger partial charge in [-0.05, 0) is 24.1 Å². The van der Waals surface area contributed by atoms with Crippen LogP contribution < -0.4 is 10.1 Å². The topological polar surface area (TPSA) is 30.5 Å². The molecule has 1 N–H and O–H groups in total. The zero-order valence-corrected chi connectivity index (χ0v) is 13.0. The predicted molar refractivity (Wildman–Crippen MR) is 80.3 cm³/mol. The molecule has 1 unspecified atom stereocenters. The minimum atomic E-state index is 0.366. The SMILES string of the molecule is COCCNCC(c1cc(Cl)ccc1OC)C(C)C. The summed E-state index contributed by atoms with van der Waals surface area (Å²) in [6, 6.07) is 5.80.